The first kappa shape index (κ1) is 16.9. The molecule has 27 heavy (non-hydrogen) atoms. The van der Waals surface area contributed by atoms with Crippen molar-refractivity contribution in [2.75, 3.05) is 0 Å². The fourth-order valence-electron chi connectivity index (χ4n) is 3.17. The molecule has 3 aromatic heterocycles. The van der Waals surface area contributed by atoms with Crippen molar-refractivity contribution in [3.8, 4) is 11.8 Å². The van der Waals surface area contributed by atoms with E-state index in [1.54, 1.807) is 13.1 Å². The Kier molecular flexibility index (Phi) is 4.16. The molecule has 4 aromatic rings. The lowest BCUT2D eigenvalue weighted by Crippen LogP contribution is -2.26. The van der Waals surface area contributed by atoms with Crippen molar-refractivity contribution in [1.29, 1.82) is 0 Å². The van der Waals surface area contributed by atoms with E-state index in [0.29, 0.717) is 23.4 Å². The van der Waals surface area contributed by atoms with Crippen LogP contribution < -0.4 is 5.56 Å². The van der Waals surface area contributed by atoms with Gasteiger partial charge < -0.3 is 4.57 Å². The van der Waals surface area contributed by atoms with Crippen LogP contribution in [-0.4, -0.2) is 29.3 Å². The number of benzene rings is 1. The molecule has 0 radical (unpaired) electrons. The Morgan fingerprint density at radius 3 is 2.70 bits per heavy atom. The van der Waals surface area contributed by atoms with Gasteiger partial charge in [-0.05, 0) is 26.8 Å². The zero-order valence-electron chi connectivity index (χ0n) is 15.4. The van der Waals surface area contributed by atoms with Crippen LogP contribution in [0.25, 0.3) is 21.9 Å². The summed E-state index contributed by atoms with van der Waals surface area (Å²) in [5.74, 6) is 7.13. The SMILES string of the molecule is CC#CCn1c(C)nc2cnn(Cc3nc(C)c4ccccc4n3)c(=O)c21. The largest absolute Gasteiger partial charge is 0.312 e. The first-order valence-corrected chi connectivity index (χ1v) is 8.63. The van der Waals surface area contributed by atoms with Gasteiger partial charge in [0.15, 0.2) is 5.82 Å². The van der Waals surface area contributed by atoms with Crippen molar-refractivity contribution >= 4 is 21.9 Å². The maximum Gasteiger partial charge on any atom is 0.293 e. The number of aryl methyl sites for hydroxylation is 2. The Bertz CT molecular complexity index is 1290. The summed E-state index contributed by atoms with van der Waals surface area (Å²) in [6, 6.07) is 7.82. The van der Waals surface area contributed by atoms with Gasteiger partial charge >= 0.3 is 0 Å². The smallest absolute Gasteiger partial charge is 0.293 e. The summed E-state index contributed by atoms with van der Waals surface area (Å²) in [7, 11) is 0. The minimum Gasteiger partial charge on any atom is -0.312 e. The van der Waals surface area contributed by atoms with Crippen molar-refractivity contribution in [3.63, 3.8) is 0 Å². The number of rotatable bonds is 3. The van der Waals surface area contributed by atoms with Gasteiger partial charge in [-0.25, -0.2) is 19.6 Å². The second kappa shape index (κ2) is 6.65. The summed E-state index contributed by atoms with van der Waals surface area (Å²) in [4.78, 5) is 26.5. The van der Waals surface area contributed by atoms with Crippen molar-refractivity contribution in [2.24, 2.45) is 0 Å². The van der Waals surface area contributed by atoms with Crippen LogP contribution in [0.3, 0.4) is 0 Å². The van der Waals surface area contributed by atoms with Crippen molar-refractivity contribution in [1.82, 2.24) is 29.3 Å². The van der Waals surface area contributed by atoms with Gasteiger partial charge in [-0.15, -0.1) is 5.92 Å². The number of aromatic nitrogens is 6. The number of imidazole rings is 1. The lowest BCUT2D eigenvalue weighted by Gasteiger charge is -2.07. The van der Waals surface area contributed by atoms with Crippen LogP contribution in [0.15, 0.2) is 35.3 Å². The first-order valence-electron chi connectivity index (χ1n) is 8.63. The molecule has 3 heterocycles. The molecule has 0 saturated heterocycles. The number of nitrogens with zero attached hydrogens (tertiary/aromatic N) is 6. The normalized spacial score (nSPS) is 10.9. The maximum atomic E-state index is 13.0. The third-order valence-electron chi connectivity index (χ3n) is 4.49. The molecule has 4 rings (SSSR count). The highest BCUT2D eigenvalue weighted by atomic mass is 16.1. The number of para-hydroxylation sites is 1. The van der Waals surface area contributed by atoms with Crippen LogP contribution in [0.5, 0.6) is 0 Å². The summed E-state index contributed by atoms with van der Waals surface area (Å²) >= 11 is 0. The Morgan fingerprint density at radius 2 is 1.89 bits per heavy atom. The highest BCUT2D eigenvalue weighted by Crippen LogP contribution is 2.15. The standard InChI is InChI=1S/C20H18N6O/c1-4-5-10-25-14(3)23-17-11-21-26(20(27)19(17)25)12-18-22-13(2)15-8-6-7-9-16(15)24-18/h6-9,11H,10,12H2,1-3H3. The quantitative estimate of drug-likeness (QED) is 0.525. The van der Waals surface area contributed by atoms with Crippen LogP contribution in [0.2, 0.25) is 0 Å². The Hall–Kier alpha value is -3.53. The van der Waals surface area contributed by atoms with Crippen LogP contribution in [-0.2, 0) is 13.1 Å². The molecule has 0 aliphatic rings. The average molecular weight is 358 g/mol. The van der Waals surface area contributed by atoms with Crippen molar-refractivity contribution in [3.05, 3.63) is 58.2 Å². The molecule has 0 atom stereocenters. The Labute approximate surface area is 155 Å². The van der Waals surface area contributed by atoms with Crippen molar-refractivity contribution < 1.29 is 0 Å². The second-order valence-corrected chi connectivity index (χ2v) is 6.26. The highest BCUT2D eigenvalue weighted by Gasteiger charge is 2.14. The second-order valence-electron chi connectivity index (χ2n) is 6.26. The maximum absolute atomic E-state index is 13.0. The fraction of sp³-hybridized carbons (Fsp3) is 0.250. The summed E-state index contributed by atoms with van der Waals surface area (Å²) in [6.45, 7) is 6.19. The van der Waals surface area contributed by atoms with E-state index >= 15 is 0 Å². The van der Waals surface area contributed by atoms with Crippen LogP contribution >= 0.6 is 0 Å². The van der Waals surface area contributed by atoms with Crippen LogP contribution in [0, 0.1) is 25.7 Å². The third kappa shape index (κ3) is 2.95. The molecule has 0 saturated carbocycles. The monoisotopic (exact) mass is 358 g/mol. The molecule has 0 unspecified atom stereocenters. The van der Waals surface area contributed by atoms with Gasteiger partial charge in [0.25, 0.3) is 5.56 Å². The summed E-state index contributed by atoms with van der Waals surface area (Å²) in [6.07, 6.45) is 1.60. The molecule has 0 bridgehead atoms. The van der Waals surface area contributed by atoms with Gasteiger partial charge in [-0.1, -0.05) is 24.1 Å². The van der Waals surface area contributed by atoms with E-state index in [0.717, 1.165) is 22.4 Å². The summed E-state index contributed by atoms with van der Waals surface area (Å²) < 4.78 is 3.20. The lowest BCUT2D eigenvalue weighted by atomic mass is 10.2. The van der Waals surface area contributed by atoms with E-state index in [4.69, 9.17) is 0 Å². The molecule has 0 spiro atoms. The molecule has 1 aromatic carbocycles. The van der Waals surface area contributed by atoms with E-state index in [9.17, 15) is 4.79 Å². The molecule has 134 valence electrons. The number of fused-ring (bicyclic) bond motifs is 2. The molecule has 0 N–H and O–H groups in total. The molecule has 0 amide bonds. The molecular formula is C20H18N6O. The highest BCUT2D eigenvalue weighted by molar-refractivity contribution is 5.80. The molecule has 0 aliphatic heterocycles. The van der Waals surface area contributed by atoms with E-state index < -0.39 is 0 Å². The summed E-state index contributed by atoms with van der Waals surface area (Å²) in [5.41, 5.74) is 2.59. The van der Waals surface area contributed by atoms with Gasteiger partial charge in [-0.3, -0.25) is 4.79 Å². The Morgan fingerprint density at radius 1 is 1.07 bits per heavy atom. The molecule has 7 heteroatoms. The van der Waals surface area contributed by atoms with Crippen LogP contribution in [0.1, 0.15) is 24.3 Å². The van der Waals surface area contributed by atoms with E-state index in [1.807, 2.05) is 42.7 Å². The van der Waals surface area contributed by atoms with E-state index in [2.05, 4.69) is 31.9 Å². The van der Waals surface area contributed by atoms with Crippen LogP contribution in [0.4, 0.5) is 0 Å². The predicted molar refractivity (Wildman–Crippen MR) is 103 cm³/mol. The number of hydrogen-bond donors (Lipinski definition) is 0. The average Bonchev–Trinajstić information content (AvgIpc) is 2.98. The molecule has 0 aliphatic carbocycles. The van der Waals surface area contributed by atoms with Gasteiger partial charge in [0, 0.05) is 11.1 Å². The lowest BCUT2D eigenvalue weighted by molar-refractivity contribution is 0.618. The molecule has 7 nitrogen and oxygen atoms in total. The fourth-order valence-corrected chi connectivity index (χ4v) is 3.17. The minimum absolute atomic E-state index is 0.199. The zero-order valence-corrected chi connectivity index (χ0v) is 15.4. The zero-order chi connectivity index (χ0) is 19.0. The Balaban J connectivity index is 1.81. The topological polar surface area (TPSA) is 78.5 Å². The molecule has 0 fully saturated rings. The first-order chi connectivity index (χ1) is 13.1. The number of hydrogen-bond acceptors (Lipinski definition) is 5. The minimum atomic E-state index is -0.222. The van der Waals surface area contributed by atoms with Gasteiger partial charge in [0.2, 0.25) is 0 Å². The van der Waals surface area contributed by atoms with E-state index in [1.165, 1.54) is 4.68 Å². The third-order valence-corrected chi connectivity index (χ3v) is 4.49. The predicted octanol–water partition coefficient (Wildman–Crippen LogP) is 2.22. The van der Waals surface area contributed by atoms with E-state index in [-0.39, 0.29) is 12.1 Å². The van der Waals surface area contributed by atoms with Crippen molar-refractivity contribution in [2.45, 2.75) is 33.9 Å². The van der Waals surface area contributed by atoms with Gasteiger partial charge in [0.1, 0.15) is 23.4 Å². The van der Waals surface area contributed by atoms with Gasteiger partial charge in [-0.2, -0.15) is 5.10 Å². The van der Waals surface area contributed by atoms with Gasteiger partial charge in [0.05, 0.1) is 18.3 Å². The molecular weight excluding hydrogens is 340 g/mol. The summed E-state index contributed by atoms with van der Waals surface area (Å²) in [5, 5.41) is 5.26.